The lowest BCUT2D eigenvalue weighted by Gasteiger charge is -2.19. The molecule has 1 aromatic heterocycles. The van der Waals surface area contributed by atoms with Crippen molar-refractivity contribution in [3.05, 3.63) is 65.4 Å². The van der Waals surface area contributed by atoms with Crippen LogP contribution in [0.2, 0.25) is 0 Å². The summed E-state index contributed by atoms with van der Waals surface area (Å²) in [5.41, 5.74) is 4.39. The number of nitrogens with zero attached hydrogens (tertiary/aromatic N) is 4. The highest BCUT2D eigenvalue weighted by Gasteiger charge is 2.24. The summed E-state index contributed by atoms with van der Waals surface area (Å²) in [5, 5.41) is 3.26. The number of sulfone groups is 1. The van der Waals surface area contributed by atoms with Crippen LogP contribution in [0.5, 0.6) is 0 Å². The number of benzene rings is 2. The van der Waals surface area contributed by atoms with Crippen LogP contribution >= 0.6 is 0 Å². The fourth-order valence-corrected chi connectivity index (χ4v) is 5.16. The maximum atomic E-state index is 12.8. The summed E-state index contributed by atoms with van der Waals surface area (Å²) in [4.78, 5) is 26.2. The maximum Gasteiger partial charge on any atom is 0.254 e. The number of fused-ring (bicyclic) bond motifs is 1. The summed E-state index contributed by atoms with van der Waals surface area (Å²) >= 11 is 0. The van der Waals surface area contributed by atoms with Crippen LogP contribution < -0.4 is 10.2 Å². The van der Waals surface area contributed by atoms with Gasteiger partial charge in [-0.15, -0.1) is 0 Å². The number of hydrogen-bond acceptors (Lipinski definition) is 7. The summed E-state index contributed by atoms with van der Waals surface area (Å²) in [6, 6.07) is 12.5. The Morgan fingerprint density at radius 1 is 1.03 bits per heavy atom. The lowest BCUT2D eigenvalue weighted by atomic mass is 10.1. The molecule has 2 aromatic carbocycles. The average molecular weight is 478 g/mol. The first-order valence-electron chi connectivity index (χ1n) is 11.4. The quantitative estimate of drug-likeness (QED) is 0.596. The summed E-state index contributed by atoms with van der Waals surface area (Å²) in [6.45, 7) is 4.35. The molecular formula is C25H27N5O3S. The third-order valence-electron chi connectivity index (χ3n) is 6.38. The van der Waals surface area contributed by atoms with Crippen LogP contribution in [0.1, 0.15) is 34.3 Å². The minimum Gasteiger partial charge on any atom is -0.339 e. The Hall–Kier alpha value is -3.46. The minimum atomic E-state index is -3.24. The first kappa shape index (κ1) is 22.3. The highest BCUT2D eigenvalue weighted by Crippen LogP contribution is 2.34. The molecule has 2 aliphatic rings. The Labute approximate surface area is 199 Å². The number of rotatable bonds is 5. The number of aromatic nitrogens is 2. The number of aryl methyl sites for hydroxylation is 1. The molecule has 1 fully saturated rings. The minimum absolute atomic E-state index is 0.0906. The highest BCUT2D eigenvalue weighted by atomic mass is 32.2. The zero-order valence-corrected chi connectivity index (χ0v) is 20.1. The van der Waals surface area contributed by atoms with Crippen molar-refractivity contribution in [1.29, 1.82) is 0 Å². The first-order chi connectivity index (χ1) is 16.3. The van der Waals surface area contributed by atoms with Gasteiger partial charge in [0.05, 0.1) is 4.90 Å². The molecule has 1 saturated heterocycles. The smallest absolute Gasteiger partial charge is 0.254 e. The van der Waals surface area contributed by atoms with Crippen LogP contribution in [0.25, 0.3) is 0 Å². The molecule has 1 N–H and O–H groups in total. The van der Waals surface area contributed by atoms with Crippen molar-refractivity contribution >= 4 is 38.9 Å². The SMILES string of the molecule is Cc1cc(Nc2ncc3c(n2)N(c2ccc(S(C)(=O)=O)cc2)CC3)ccc1C(=O)N1CCCC1. The van der Waals surface area contributed by atoms with E-state index >= 15 is 0 Å². The van der Waals surface area contributed by atoms with Gasteiger partial charge in [-0.2, -0.15) is 4.98 Å². The van der Waals surface area contributed by atoms with Gasteiger partial charge in [0.15, 0.2) is 9.84 Å². The van der Waals surface area contributed by atoms with Crippen LogP contribution in [-0.2, 0) is 16.3 Å². The monoisotopic (exact) mass is 477 g/mol. The van der Waals surface area contributed by atoms with E-state index in [4.69, 9.17) is 4.98 Å². The second-order valence-electron chi connectivity index (χ2n) is 8.86. The highest BCUT2D eigenvalue weighted by molar-refractivity contribution is 7.90. The molecule has 3 heterocycles. The van der Waals surface area contributed by atoms with Gasteiger partial charge in [-0.25, -0.2) is 13.4 Å². The molecule has 0 spiro atoms. The van der Waals surface area contributed by atoms with Crippen molar-refractivity contribution in [1.82, 2.24) is 14.9 Å². The summed E-state index contributed by atoms with van der Waals surface area (Å²) < 4.78 is 23.5. The molecule has 0 radical (unpaired) electrons. The summed E-state index contributed by atoms with van der Waals surface area (Å²) in [5.74, 6) is 1.37. The topological polar surface area (TPSA) is 95.5 Å². The summed E-state index contributed by atoms with van der Waals surface area (Å²) in [6.07, 6.45) is 5.98. The second-order valence-corrected chi connectivity index (χ2v) is 10.9. The Kier molecular flexibility index (Phi) is 5.73. The van der Waals surface area contributed by atoms with Crippen molar-refractivity contribution in [2.45, 2.75) is 31.1 Å². The van der Waals surface area contributed by atoms with Gasteiger partial charge in [0.25, 0.3) is 5.91 Å². The number of nitrogens with one attached hydrogen (secondary N) is 1. The molecule has 5 rings (SSSR count). The lowest BCUT2D eigenvalue weighted by Crippen LogP contribution is -2.28. The molecule has 2 aliphatic heterocycles. The molecule has 0 unspecified atom stereocenters. The predicted octanol–water partition coefficient (Wildman–Crippen LogP) is 3.86. The van der Waals surface area contributed by atoms with Gasteiger partial charge in [-0.3, -0.25) is 4.79 Å². The molecule has 9 heteroatoms. The third kappa shape index (κ3) is 4.35. The molecule has 176 valence electrons. The van der Waals surface area contributed by atoms with E-state index in [9.17, 15) is 13.2 Å². The Balaban J connectivity index is 1.36. The van der Waals surface area contributed by atoms with Crippen LogP contribution in [0.4, 0.5) is 23.1 Å². The van der Waals surface area contributed by atoms with Gasteiger partial charge in [-0.1, -0.05) is 0 Å². The normalized spacial score (nSPS) is 15.5. The molecule has 8 nitrogen and oxygen atoms in total. The van der Waals surface area contributed by atoms with Crippen molar-refractivity contribution < 1.29 is 13.2 Å². The van der Waals surface area contributed by atoms with E-state index in [1.807, 2.05) is 36.2 Å². The van der Waals surface area contributed by atoms with Gasteiger partial charge in [0, 0.05) is 54.6 Å². The fourth-order valence-electron chi connectivity index (χ4n) is 4.53. The van der Waals surface area contributed by atoms with Crippen LogP contribution in [0.3, 0.4) is 0 Å². The Morgan fingerprint density at radius 2 is 1.76 bits per heavy atom. The molecular weight excluding hydrogens is 450 g/mol. The average Bonchev–Trinajstić information content (AvgIpc) is 3.48. The van der Waals surface area contributed by atoms with Crippen molar-refractivity contribution in [2.75, 3.05) is 36.1 Å². The largest absolute Gasteiger partial charge is 0.339 e. The van der Waals surface area contributed by atoms with Gasteiger partial charge < -0.3 is 15.1 Å². The second kappa shape index (κ2) is 8.72. The molecule has 34 heavy (non-hydrogen) atoms. The zero-order valence-electron chi connectivity index (χ0n) is 19.3. The zero-order chi connectivity index (χ0) is 23.9. The number of carbonyl (C=O) groups is 1. The van der Waals surface area contributed by atoms with E-state index in [0.29, 0.717) is 10.8 Å². The number of carbonyl (C=O) groups excluding carboxylic acids is 1. The molecule has 0 saturated carbocycles. The van der Waals surface area contributed by atoms with Crippen molar-refractivity contribution in [3.8, 4) is 0 Å². The van der Waals surface area contributed by atoms with E-state index in [1.165, 1.54) is 6.26 Å². The van der Waals surface area contributed by atoms with E-state index in [2.05, 4.69) is 15.2 Å². The van der Waals surface area contributed by atoms with Crippen LogP contribution in [0, 0.1) is 6.92 Å². The predicted molar refractivity (Wildman–Crippen MR) is 132 cm³/mol. The van der Waals surface area contributed by atoms with Crippen molar-refractivity contribution in [3.63, 3.8) is 0 Å². The molecule has 0 bridgehead atoms. The van der Waals surface area contributed by atoms with Gasteiger partial charge >= 0.3 is 0 Å². The molecule has 3 aromatic rings. The molecule has 1 amide bonds. The van der Waals surface area contributed by atoms with Gasteiger partial charge in [-0.05, 0) is 74.2 Å². The van der Waals surface area contributed by atoms with E-state index < -0.39 is 9.84 Å². The van der Waals surface area contributed by atoms with Gasteiger partial charge in [0.2, 0.25) is 5.95 Å². The fraction of sp³-hybridized carbons (Fsp3) is 0.320. The molecule has 0 atom stereocenters. The first-order valence-corrected chi connectivity index (χ1v) is 13.3. The van der Waals surface area contributed by atoms with Crippen LogP contribution in [0.15, 0.2) is 53.6 Å². The third-order valence-corrected chi connectivity index (χ3v) is 7.51. The Morgan fingerprint density at radius 3 is 2.44 bits per heavy atom. The number of anilines is 4. The maximum absolute atomic E-state index is 12.8. The molecule has 0 aliphatic carbocycles. The van der Waals surface area contributed by atoms with Gasteiger partial charge in [0.1, 0.15) is 5.82 Å². The van der Waals surface area contributed by atoms with Crippen molar-refractivity contribution in [2.24, 2.45) is 0 Å². The number of hydrogen-bond donors (Lipinski definition) is 1. The van der Waals surface area contributed by atoms with Crippen LogP contribution in [-0.4, -0.2) is 55.1 Å². The number of likely N-dealkylation sites (tertiary alicyclic amines) is 1. The Bertz CT molecular complexity index is 1350. The number of amides is 1. The van der Waals surface area contributed by atoms with E-state index in [-0.39, 0.29) is 5.91 Å². The summed E-state index contributed by atoms with van der Waals surface area (Å²) in [7, 11) is -3.24. The van der Waals surface area contributed by atoms with E-state index in [0.717, 1.165) is 72.8 Å². The standard InChI is InChI=1S/C25H27N5O3S/c1-17-15-19(5-10-22(17)24(31)29-12-3-4-13-29)27-25-26-16-18-11-14-30(23(18)28-25)20-6-8-21(9-7-20)34(2,32)33/h5-10,15-16H,3-4,11-14H2,1-2H3,(H,26,27,28). The lowest BCUT2D eigenvalue weighted by molar-refractivity contribution is 0.0792. The van der Waals surface area contributed by atoms with E-state index in [1.54, 1.807) is 24.3 Å².